The Hall–Kier alpha value is -0.380. The first-order valence-electron chi connectivity index (χ1n) is 3.14. The van der Waals surface area contributed by atoms with E-state index >= 15 is 0 Å². The maximum absolute atomic E-state index is 12.6. The van der Waals surface area contributed by atoms with Crippen LogP contribution in [0.3, 0.4) is 0 Å². The lowest BCUT2D eigenvalue weighted by Gasteiger charge is -1.96. The Balaban J connectivity index is 0. The minimum absolute atomic E-state index is 0. The molecule has 0 saturated carbocycles. The summed E-state index contributed by atoms with van der Waals surface area (Å²) in [5.74, 6) is -0.409. The first-order chi connectivity index (χ1) is 4.84. The third-order valence-electron chi connectivity index (χ3n) is 1.25. The fourth-order valence-electron chi connectivity index (χ4n) is 0.761. The van der Waals surface area contributed by atoms with E-state index in [9.17, 15) is 4.39 Å². The molecule has 70 valence electrons. The quantitative estimate of drug-likeness (QED) is 0.757. The highest BCUT2D eigenvalue weighted by atomic mass is 35.5. The summed E-state index contributed by atoms with van der Waals surface area (Å²) in [5.41, 5.74) is 5.82. The second-order valence-corrected chi connectivity index (χ2v) is 1.99. The van der Waals surface area contributed by atoms with Crippen molar-refractivity contribution < 1.29 is 4.39 Å². The Kier molecular flexibility index (Phi) is 8.59. The van der Waals surface area contributed by atoms with Crippen molar-refractivity contribution in [3.05, 3.63) is 29.8 Å². The van der Waals surface area contributed by atoms with Crippen LogP contribution < -0.4 is 5.73 Å². The van der Waals surface area contributed by atoms with Crippen LogP contribution in [0.1, 0.15) is 5.56 Å². The summed E-state index contributed by atoms with van der Waals surface area (Å²) in [6, 6.07) is 3.39. The van der Waals surface area contributed by atoms with Crippen LogP contribution in [0.25, 0.3) is 0 Å². The second kappa shape index (κ2) is 7.28. The number of aromatic nitrogens is 1. The number of rotatable bonds is 2. The zero-order chi connectivity index (χ0) is 7.40. The number of hydrogen-bond donors (Lipinski definition) is 1. The summed E-state index contributed by atoms with van der Waals surface area (Å²) >= 11 is 0. The predicted molar refractivity (Wildman–Crippen MR) is 51.4 cm³/mol. The van der Waals surface area contributed by atoms with Crippen molar-refractivity contribution in [1.29, 1.82) is 0 Å². The topological polar surface area (TPSA) is 38.9 Å². The van der Waals surface area contributed by atoms with Gasteiger partial charge in [-0.3, -0.25) is 0 Å². The number of hydrogen-bond acceptors (Lipinski definition) is 2. The van der Waals surface area contributed by atoms with Gasteiger partial charge in [0.05, 0.1) is 0 Å². The molecule has 0 spiro atoms. The average molecular weight is 213 g/mol. The van der Waals surface area contributed by atoms with Crippen LogP contribution in [0.2, 0.25) is 0 Å². The normalized spacial score (nSPS) is 8.17. The van der Waals surface area contributed by atoms with Gasteiger partial charge in [0.15, 0.2) is 0 Å². The van der Waals surface area contributed by atoms with Crippen molar-refractivity contribution in [2.75, 3.05) is 6.54 Å². The van der Waals surface area contributed by atoms with Crippen molar-refractivity contribution in [3.8, 4) is 0 Å². The van der Waals surface area contributed by atoms with E-state index in [1.807, 2.05) is 0 Å². The molecule has 0 aliphatic carbocycles. The van der Waals surface area contributed by atoms with Gasteiger partial charge in [-0.1, -0.05) is 6.07 Å². The summed E-state index contributed by atoms with van der Waals surface area (Å²) in [5, 5.41) is 0. The summed E-state index contributed by atoms with van der Waals surface area (Å²) < 4.78 is 12.6. The van der Waals surface area contributed by atoms with Gasteiger partial charge < -0.3 is 5.73 Å². The maximum atomic E-state index is 12.6. The van der Waals surface area contributed by atoms with E-state index in [0.717, 1.165) is 0 Å². The number of nitrogens with two attached hydrogens (primary N) is 1. The van der Waals surface area contributed by atoms with Gasteiger partial charge in [0, 0.05) is 11.8 Å². The van der Waals surface area contributed by atoms with Crippen LogP contribution in [0.15, 0.2) is 18.3 Å². The van der Waals surface area contributed by atoms with Gasteiger partial charge in [-0.2, -0.15) is 4.39 Å². The van der Waals surface area contributed by atoms with Crippen molar-refractivity contribution in [3.63, 3.8) is 0 Å². The molecule has 5 heteroatoms. The standard InChI is InChI=1S/C7H9FN2.2ClH/c8-7-6(3-4-9)2-1-5-10-7;;/h1-2,5H,3-4,9H2;2*1H. The summed E-state index contributed by atoms with van der Waals surface area (Å²) in [6.07, 6.45) is 1.98. The molecule has 0 aromatic carbocycles. The Labute approximate surface area is 83.2 Å². The molecule has 0 aliphatic rings. The van der Waals surface area contributed by atoms with Gasteiger partial charge >= 0.3 is 0 Å². The largest absolute Gasteiger partial charge is 0.330 e. The minimum Gasteiger partial charge on any atom is -0.330 e. The fourth-order valence-corrected chi connectivity index (χ4v) is 0.761. The first kappa shape index (κ1) is 14.2. The number of nitrogens with zero attached hydrogens (tertiary/aromatic N) is 1. The van der Waals surface area contributed by atoms with Gasteiger partial charge in [0.1, 0.15) is 0 Å². The molecule has 1 aromatic heterocycles. The van der Waals surface area contributed by atoms with Crippen molar-refractivity contribution in [2.45, 2.75) is 6.42 Å². The van der Waals surface area contributed by atoms with Gasteiger partial charge in [-0.05, 0) is 19.0 Å². The predicted octanol–water partition coefficient (Wildman–Crippen LogP) is 1.57. The van der Waals surface area contributed by atoms with Crippen molar-refractivity contribution in [1.82, 2.24) is 4.98 Å². The SMILES string of the molecule is Cl.Cl.NCCc1cccnc1F. The first-order valence-corrected chi connectivity index (χ1v) is 3.14. The van der Waals surface area contributed by atoms with Crippen LogP contribution in [-0.2, 0) is 6.42 Å². The molecule has 1 aromatic rings. The van der Waals surface area contributed by atoms with Crippen LogP contribution in [0.5, 0.6) is 0 Å². The lowest BCUT2D eigenvalue weighted by molar-refractivity contribution is 0.566. The van der Waals surface area contributed by atoms with E-state index < -0.39 is 5.95 Å². The van der Waals surface area contributed by atoms with Gasteiger partial charge in [0.2, 0.25) is 5.95 Å². The van der Waals surface area contributed by atoms with Gasteiger partial charge in [-0.25, -0.2) is 4.98 Å². The molecule has 0 atom stereocenters. The molecule has 0 fully saturated rings. The van der Waals surface area contributed by atoms with Gasteiger partial charge in [-0.15, -0.1) is 24.8 Å². The highest BCUT2D eigenvalue weighted by Gasteiger charge is 1.98. The molecule has 0 aliphatic heterocycles. The molecule has 0 saturated heterocycles. The van der Waals surface area contributed by atoms with Crippen LogP contribution in [0.4, 0.5) is 4.39 Å². The molecule has 1 rings (SSSR count). The molecule has 0 unspecified atom stereocenters. The van der Waals surface area contributed by atoms with E-state index in [1.165, 1.54) is 6.20 Å². The van der Waals surface area contributed by atoms with Crippen LogP contribution >= 0.6 is 24.8 Å². The smallest absolute Gasteiger partial charge is 0.216 e. The van der Waals surface area contributed by atoms with E-state index in [-0.39, 0.29) is 24.8 Å². The van der Waals surface area contributed by atoms with Crippen molar-refractivity contribution >= 4 is 24.8 Å². The Morgan fingerprint density at radius 3 is 2.58 bits per heavy atom. The maximum Gasteiger partial charge on any atom is 0.216 e. The second-order valence-electron chi connectivity index (χ2n) is 1.99. The fraction of sp³-hybridized carbons (Fsp3) is 0.286. The zero-order valence-electron chi connectivity index (χ0n) is 6.37. The highest BCUT2D eigenvalue weighted by Crippen LogP contribution is 2.01. The third-order valence-corrected chi connectivity index (χ3v) is 1.25. The Bertz CT molecular complexity index is 220. The number of pyridine rings is 1. The summed E-state index contributed by atoms with van der Waals surface area (Å²) in [6.45, 7) is 0.461. The molecular weight excluding hydrogens is 202 g/mol. The Morgan fingerprint density at radius 2 is 2.08 bits per heavy atom. The van der Waals surface area contributed by atoms with E-state index in [2.05, 4.69) is 4.98 Å². The van der Waals surface area contributed by atoms with Crippen LogP contribution in [0, 0.1) is 5.95 Å². The summed E-state index contributed by atoms with van der Waals surface area (Å²) in [7, 11) is 0. The molecule has 0 bridgehead atoms. The molecule has 1 heterocycles. The van der Waals surface area contributed by atoms with Crippen LogP contribution in [-0.4, -0.2) is 11.5 Å². The minimum atomic E-state index is -0.409. The molecule has 2 nitrogen and oxygen atoms in total. The monoisotopic (exact) mass is 212 g/mol. The molecule has 0 amide bonds. The van der Waals surface area contributed by atoms with E-state index in [0.29, 0.717) is 18.5 Å². The average Bonchev–Trinajstić information content (AvgIpc) is 1.94. The molecular formula is C7H11Cl2FN2. The molecule has 0 radical (unpaired) electrons. The Morgan fingerprint density at radius 1 is 1.42 bits per heavy atom. The zero-order valence-corrected chi connectivity index (χ0v) is 8.00. The molecule has 12 heavy (non-hydrogen) atoms. The number of halogens is 3. The lowest BCUT2D eigenvalue weighted by Crippen LogP contribution is -2.04. The third kappa shape index (κ3) is 3.85. The van der Waals surface area contributed by atoms with Gasteiger partial charge in [0.25, 0.3) is 0 Å². The lowest BCUT2D eigenvalue weighted by atomic mass is 10.2. The van der Waals surface area contributed by atoms with Crippen molar-refractivity contribution in [2.24, 2.45) is 5.73 Å². The van der Waals surface area contributed by atoms with E-state index in [4.69, 9.17) is 5.73 Å². The van der Waals surface area contributed by atoms with E-state index in [1.54, 1.807) is 12.1 Å². The molecule has 2 N–H and O–H groups in total. The highest BCUT2D eigenvalue weighted by molar-refractivity contribution is 5.85. The summed E-state index contributed by atoms with van der Waals surface area (Å²) in [4.78, 5) is 3.48.